The van der Waals surface area contributed by atoms with Gasteiger partial charge in [0.05, 0.1) is 0 Å². The van der Waals surface area contributed by atoms with Gasteiger partial charge in [-0.2, -0.15) is 0 Å². The number of rotatable bonds is 3. The Morgan fingerprint density at radius 3 is 2.50 bits per heavy atom. The van der Waals surface area contributed by atoms with Crippen LogP contribution in [-0.2, 0) is 0 Å². The molecule has 1 saturated carbocycles. The molecule has 2 atom stereocenters. The molecular weight excluding hydrogens is 316 g/mol. The maximum absolute atomic E-state index is 9.94. The summed E-state index contributed by atoms with van der Waals surface area (Å²) in [6.07, 6.45) is 4.68. The van der Waals surface area contributed by atoms with Gasteiger partial charge in [-0.15, -0.1) is 0 Å². The van der Waals surface area contributed by atoms with Crippen molar-refractivity contribution < 1.29 is 9.84 Å². The third-order valence-electron chi connectivity index (χ3n) is 3.01. The first-order valence-corrected chi connectivity index (χ1v) is 8.29. The Labute approximate surface area is 107 Å². The summed E-state index contributed by atoms with van der Waals surface area (Å²) in [5, 5.41) is 9.94. The second-order valence-corrected chi connectivity index (χ2v) is 7.93. The van der Waals surface area contributed by atoms with Crippen molar-refractivity contribution in [2.24, 2.45) is 0 Å². The van der Waals surface area contributed by atoms with Gasteiger partial charge >= 0.3 is 107 Å². The first kappa shape index (κ1) is 12.2. The standard InChI is InChI=1S/C13H18O2Te/c1-15-10-6-8-11(9-7-10)16-13-5-3-2-4-12(13)14/h6-9,12-14H,2-5H2,1H3/t12-,13-/m1/s1. The molecule has 1 aromatic carbocycles. The van der Waals surface area contributed by atoms with Crippen LogP contribution in [0.5, 0.6) is 5.75 Å². The van der Waals surface area contributed by atoms with Crippen molar-refractivity contribution in [3.63, 3.8) is 0 Å². The van der Waals surface area contributed by atoms with Crippen LogP contribution in [0.1, 0.15) is 25.7 Å². The Morgan fingerprint density at radius 1 is 1.19 bits per heavy atom. The van der Waals surface area contributed by atoms with Crippen molar-refractivity contribution in [2.75, 3.05) is 7.11 Å². The van der Waals surface area contributed by atoms with E-state index in [9.17, 15) is 5.11 Å². The van der Waals surface area contributed by atoms with E-state index in [4.69, 9.17) is 4.74 Å². The van der Waals surface area contributed by atoms with Crippen molar-refractivity contribution in [3.8, 4) is 5.75 Å². The van der Waals surface area contributed by atoms with E-state index >= 15 is 0 Å². The number of benzene rings is 1. The SMILES string of the molecule is COc1ccc([Te][C@@H]2CCCC[C@H]2O)cc1. The minimum atomic E-state index is -0.249. The van der Waals surface area contributed by atoms with Gasteiger partial charge in [0.25, 0.3) is 0 Å². The Bertz CT molecular complexity index is 323. The molecular formula is C13H18O2Te. The zero-order valence-electron chi connectivity index (χ0n) is 9.56. The van der Waals surface area contributed by atoms with E-state index in [2.05, 4.69) is 12.1 Å². The van der Waals surface area contributed by atoms with Gasteiger partial charge < -0.3 is 0 Å². The van der Waals surface area contributed by atoms with Crippen LogP contribution in [0, 0.1) is 0 Å². The first-order valence-electron chi connectivity index (χ1n) is 5.78. The Kier molecular flexibility index (Phi) is 4.52. The average Bonchev–Trinajstić information content (AvgIpc) is 2.33. The molecule has 0 unspecified atom stereocenters. The fourth-order valence-electron chi connectivity index (χ4n) is 2.04. The fourth-order valence-corrected chi connectivity index (χ4v) is 5.53. The van der Waals surface area contributed by atoms with E-state index in [-0.39, 0.29) is 27.0 Å². The van der Waals surface area contributed by atoms with E-state index in [1.165, 1.54) is 22.9 Å². The summed E-state index contributed by atoms with van der Waals surface area (Å²) in [6.45, 7) is 0. The second-order valence-electron chi connectivity index (χ2n) is 4.18. The van der Waals surface area contributed by atoms with Crippen molar-refractivity contribution in [2.45, 2.75) is 35.8 Å². The number of aliphatic hydroxyl groups is 1. The molecule has 2 nitrogen and oxygen atoms in total. The molecule has 0 radical (unpaired) electrons. The van der Waals surface area contributed by atoms with Gasteiger partial charge in [-0.25, -0.2) is 0 Å². The number of ether oxygens (including phenoxy) is 1. The van der Waals surface area contributed by atoms with Crippen LogP contribution in [0.15, 0.2) is 24.3 Å². The van der Waals surface area contributed by atoms with E-state index in [0.717, 1.165) is 12.2 Å². The topological polar surface area (TPSA) is 29.5 Å². The molecule has 3 heteroatoms. The molecule has 0 spiro atoms. The monoisotopic (exact) mass is 336 g/mol. The second kappa shape index (κ2) is 5.91. The zero-order chi connectivity index (χ0) is 11.4. The molecule has 2 rings (SSSR count). The third kappa shape index (κ3) is 3.13. The van der Waals surface area contributed by atoms with Gasteiger partial charge in [-0.05, 0) is 0 Å². The van der Waals surface area contributed by atoms with Gasteiger partial charge in [0, 0.05) is 0 Å². The van der Waals surface area contributed by atoms with Crippen LogP contribution < -0.4 is 8.35 Å². The number of methoxy groups -OCH3 is 1. The van der Waals surface area contributed by atoms with E-state index in [0.29, 0.717) is 3.97 Å². The van der Waals surface area contributed by atoms with Crippen LogP contribution in [0.25, 0.3) is 0 Å². The molecule has 0 heterocycles. The first-order chi connectivity index (χ1) is 7.79. The van der Waals surface area contributed by atoms with E-state index in [1.807, 2.05) is 12.1 Å². The molecule has 0 bridgehead atoms. The average molecular weight is 334 g/mol. The van der Waals surface area contributed by atoms with Gasteiger partial charge in [0.15, 0.2) is 0 Å². The Balaban J connectivity index is 1.96. The summed E-state index contributed by atoms with van der Waals surface area (Å²) in [6, 6.07) is 8.36. The number of hydrogen-bond donors (Lipinski definition) is 1. The molecule has 1 N–H and O–H groups in total. The Hall–Kier alpha value is -0.230. The molecule has 1 aliphatic carbocycles. The molecule has 0 aromatic heterocycles. The summed E-state index contributed by atoms with van der Waals surface area (Å²) in [5.74, 6) is 0.917. The molecule has 88 valence electrons. The van der Waals surface area contributed by atoms with Crippen LogP contribution in [0.4, 0.5) is 0 Å². The summed E-state index contributed by atoms with van der Waals surface area (Å²) in [5.41, 5.74) is 0. The summed E-state index contributed by atoms with van der Waals surface area (Å²) in [4.78, 5) is 0. The molecule has 1 aliphatic rings. The normalized spacial score (nSPS) is 25.4. The molecule has 0 saturated heterocycles. The van der Waals surface area contributed by atoms with Crippen LogP contribution in [0.2, 0.25) is 3.97 Å². The summed E-state index contributed by atoms with van der Waals surface area (Å²) >= 11 is -0.249. The number of hydrogen-bond acceptors (Lipinski definition) is 2. The minimum absolute atomic E-state index is 0.0433. The van der Waals surface area contributed by atoms with Crippen LogP contribution in [-0.4, -0.2) is 39.2 Å². The predicted molar refractivity (Wildman–Crippen MR) is 66.6 cm³/mol. The predicted octanol–water partition coefficient (Wildman–Crippen LogP) is 1.75. The quantitative estimate of drug-likeness (QED) is 0.854. The van der Waals surface area contributed by atoms with Gasteiger partial charge in [0.1, 0.15) is 0 Å². The van der Waals surface area contributed by atoms with Crippen LogP contribution in [0.3, 0.4) is 0 Å². The molecule has 0 amide bonds. The van der Waals surface area contributed by atoms with Gasteiger partial charge in [-0.3, -0.25) is 0 Å². The van der Waals surface area contributed by atoms with Crippen molar-refractivity contribution in [3.05, 3.63) is 24.3 Å². The molecule has 0 aliphatic heterocycles. The fraction of sp³-hybridized carbons (Fsp3) is 0.538. The zero-order valence-corrected chi connectivity index (χ0v) is 11.9. The van der Waals surface area contributed by atoms with Gasteiger partial charge in [0.2, 0.25) is 0 Å². The summed E-state index contributed by atoms with van der Waals surface area (Å²) in [7, 11) is 1.69. The van der Waals surface area contributed by atoms with Crippen molar-refractivity contribution in [1.29, 1.82) is 0 Å². The van der Waals surface area contributed by atoms with Crippen molar-refractivity contribution >= 4 is 24.5 Å². The molecule has 1 fully saturated rings. The number of aliphatic hydroxyl groups excluding tert-OH is 1. The van der Waals surface area contributed by atoms with E-state index in [1.54, 1.807) is 7.11 Å². The van der Waals surface area contributed by atoms with Crippen molar-refractivity contribution in [1.82, 2.24) is 0 Å². The third-order valence-corrected chi connectivity index (χ3v) is 7.00. The summed E-state index contributed by atoms with van der Waals surface area (Å²) < 4.78 is 7.15. The maximum atomic E-state index is 9.94. The van der Waals surface area contributed by atoms with Crippen LogP contribution >= 0.6 is 0 Å². The Morgan fingerprint density at radius 2 is 1.88 bits per heavy atom. The van der Waals surface area contributed by atoms with Gasteiger partial charge in [-0.1, -0.05) is 0 Å². The molecule has 1 aromatic rings. The molecule has 16 heavy (non-hydrogen) atoms. The van der Waals surface area contributed by atoms with E-state index < -0.39 is 0 Å².